The van der Waals surface area contributed by atoms with E-state index in [4.69, 9.17) is 0 Å². The Morgan fingerprint density at radius 3 is 1.67 bits per heavy atom. The Bertz CT molecular complexity index is 2390. The number of anilines is 3. The lowest BCUT2D eigenvalue weighted by Crippen LogP contribution is -2.55. The number of hydrogen-bond acceptors (Lipinski definition) is 1. The summed E-state index contributed by atoms with van der Waals surface area (Å²) in [6, 6.07) is 61.4. The molecule has 0 atom stereocenters. The maximum absolute atomic E-state index is 2.61. The van der Waals surface area contributed by atoms with Crippen LogP contribution in [0.25, 0.3) is 44.2 Å². The molecule has 0 aliphatic heterocycles. The lowest BCUT2D eigenvalue weighted by Gasteiger charge is -2.61. The van der Waals surface area contributed by atoms with E-state index >= 15 is 0 Å². The minimum Gasteiger partial charge on any atom is -0.310 e. The molecule has 12 rings (SSSR count). The fourth-order valence-corrected chi connectivity index (χ4v) is 11.5. The summed E-state index contributed by atoms with van der Waals surface area (Å²) in [7, 11) is 0. The van der Waals surface area contributed by atoms with Crippen LogP contribution in [0.5, 0.6) is 0 Å². The van der Waals surface area contributed by atoms with E-state index in [1.54, 1.807) is 11.1 Å². The summed E-state index contributed by atoms with van der Waals surface area (Å²) < 4.78 is 0. The van der Waals surface area contributed by atoms with E-state index in [1.165, 1.54) is 93.3 Å². The molecule has 7 aromatic rings. The van der Waals surface area contributed by atoms with Crippen LogP contribution in [-0.4, -0.2) is 0 Å². The molecule has 4 saturated carbocycles. The van der Waals surface area contributed by atoms with Crippen molar-refractivity contribution in [2.75, 3.05) is 4.90 Å². The third-order valence-corrected chi connectivity index (χ3v) is 13.2. The normalized spacial score (nSPS) is 23.8. The lowest BCUT2D eigenvalue weighted by molar-refractivity contribution is -0.0397. The number of nitrogens with zero attached hydrogens (tertiary/aromatic N) is 1. The van der Waals surface area contributed by atoms with Crippen LogP contribution in [0.1, 0.15) is 43.2 Å². The molecular weight excluding hydrogens is 615 g/mol. The van der Waals surface area contributed by atoms with Gasteiger partial charge < -0.3 is 4.90 Å². The molecule has 0 unspecified atom stereocenters. The van der Waals surface area contributed by atoms with E-state index in [-0.39, 0.29) is 5.41 Å². The van der Waals surface area contributed by atoms with Gasteiger partial charge in [-0.3, -0.25) is 0 Å². The molecule has 7 aromatic carbocycles. The highest BCUT2D eigenvalue weighted by atomic mass is 15.1. The molecule has 0 amide bonds. The molecule has 0 radical (unpaired) electrons. The first-order valence-electron chi connectivity index (χ1n) is 19.0. The topological polar surface area (TPSA) is 3.24 Å². The van der Waals surface area contributed by atoms with E-state index in [0.29, 0.717) is 11.8 Å². The van der Waals surface area contributed by atoms with E-state index < -0.39 is 0 Å². The first-order valence-corrected chi connectivity index (χ1v) is 19.0. The molecule has 246 valence electrons. The van der Waals surface area contributed by atoms with Gasteiger partial charge in [0.1, 0.15) is 0 Å². The fraction of sp³-hybridized carbons (Fsp3) is 0.200. The van der Waals surface area contributed by atoms with Gasteiger partial charge in [-0.25, -0.2) is 0 Å². The minimum absolute atomic E-state index is 0.0687. The van der Waals surface area contributed by atoms with Crippen LogP contribution in [0.3, 0.4) is 0 Å². The molecule has 1 heteroatoms. The summed E-state index contributed by atoms with van der Waals surface area (Å²) in [6.45, 7) is 0. The summed E-state index contributed by atoms with van der Waals surface area (Å²) in [6.07, 6.45) is 6.97. The quantitative estimate of drug-likeness (QED) is 0.178. The number of rotatable bonds is 5. The van der Waals surface area contributed by atoms with Crippen LogP contribution in [0.2, 0.25) is 0 Å². The Balaban J connectivity index is 1.10. The predicted octanol–water partition coefficient (Wildman–Crippen LogP) is 13.4. The Hall–Kier alpha value is -5.40. The van der Waals surface area contributed by atoms with Gasteiger partial charge in [0.05, 0.1) is 11.4 Å². The molecular formula is C50H41N. The molecule has 0 saturated heterocycles. The van der Waals surface area contributed by atoms with Gasteiger partial charge in [-0.05, 0) is 130 Å². The van der Waals surface area contributed by atoms with E-state index in [2.05, 4.69) is 169 Å². The lowest BCUT2D eigenvalue weighted by atomic mass is 9.43. The van der Waals surface area contributed by atoms with Crippen LogP contribution in [0.15, 0.2) is 164 Å². The second kappa shape index (κ2) is 11.3. The highest BCUT2D eigenvalue weighted by Crippen LogP contribution is 2.71. The van der Waals surface area contributed by atoms with E-state index in [9.17, 15) is 0 Å². The van der Waals surface area contributed by atoms with Crippen molar-refractivity contribution in [1.29, 1.82) is 0 Å². The zero-order chi connectivity index (χ0) is 33.5. The molecule has 4 fully saturated rings. The van der Waals surface area contributed by atoms with Crippen LogP contribution >= 0.6 is 0 Å². The zero-order valence-corrected chi connectivity index (χ0v) is 28.9. The number of benzene rings is 7. The third kappa shape index (κ3) is 4.34. The number of fused-ring (bicyclic) bond motifs is 4. The van der Waals surface area contributed by atoms with Gasteiger partial charge in [-0.15, -0.1) is 0 Å². The van der Waals surface area contributed by atoms with Crippen molar-refractivity contribution in [3.05, 3.63) is 175 Å². The summed E-state index contributed by atoms with van der Waals surface area (Å²) in [5, 5.41) is 2.56. The Morgan fingerprint density at radius 2 is 0.941 bits per heavy atom. The Kier molecular flexibility index (Phi) is 6.50. The number of hydrogen-bond donors (Lipinski definition) is 0. The van der Waals surface area contributed by atoms with Gasteiger partial charge in [0, 0.05) is 16.5 Å². The molecule has 51 heavy (non-hydrogen) atoms. The van der Waals surface area contributed by atoms with E-state index in [0.717, 1.165) is 11.8 Å². The van der Waals surface area contributed by atoms with Crippen LogP contribution in [0.4, 0.5) is 17.1 Å². The molecule has 0 heterocycles. The minimum atomic E-state index is 0.0687. The molecule has 5 aliphatic rings. The van der Waals surface area contributed by atoms with Crippen molar-refractivity contribution in [3.63, 3.8) is 0 Å². The van der Waals surface area contributed by atoms with Gasteiger partial charge in [0.15, 0.2) is 0 Å². The summed E-state index contributed by atoms with van der Waals surface area (Å²) in [5.74, 6) is 3.22. The summed E-state index contributed by atoms with van der Waals surface area (Å²) in [4.78, 5) is 2.61. The van der Waals surface area contributed by atoms with Crippen molar-refractivity contribution in [3.8, 4) is 33.4 Å². The monoisotopic (exact) mass is 655 g/mol. The highest BCUT2D eigenvalue weighted by Gasteiger charge is 2.62. The van der Waals surface area contributed by atoms with Gasteiger partial charge >= 0.3 is 0 Å². The zero-order valence-electron chi connectivity index (χ0n) is 28.9. The van der Waals surface area contributed by atoms with Gasteiger partial charge in [0.2, 0.25) is 0 Å². The van der Waals surface area contributed by atoms with Gasteiger partial charge in [-0.1, -0.05) is 140 Å². The first-order chi connectivity index (χ1) is 25.3. The first kappa shape index (κ1) is 29.3. The second-order valence-electron chi connectivity index (χ2n) is 15.7. The van der Waals surface area contributed by atoms with E-state index in [1.807, 2.05) is 0 Å². The second-order valence-corrected chi connectivity index (χ2v) is 15.7. The van der Waals surface area contributed by atoms with Gasteiger partial charge in [0.25, 0.3) is 0 Å². The smallest absolute Gasteiger partial charge is 0.0540 e. The summed E-state index contributed by atoms with van der Waals surface area (Å²) >= 11 is 0. The summed E-state index contributed by atoms with van der Waals surface area (Å²) in [5.41, 5.74) is 15.0. The van der Waals surface area contributed by atoms with Crippen molar-refractivity contribution < 1.29 is 0 Å². The predicted molar refractivity (Wildman–Crippen MR) is 213 cm³/mol. The molecule has 1 nitrogen and oxygen atoms in total. The molecule has 5 aliphatic carbocycles. The maximum Gasteiger partial charge on any atom is 0.0540 e. The maximum atomic E-state index is 2.61. The standard InChI is InChI=1S/C50H41N/c1-2-10-35(11-3-1)36-20-22-37(23-21-36)38-24-26-42(27-25-38)51(47-18-8-13-39-12-4-5-14-43(39)47)48-19-9-16-45-44-15-6-7-17-46(44)50(49(45)48)40-29-33-28-34(31-40)32-41(50)30-33/h1-27,33-34,40-41H,28-32H2. The SMILES string of the molecule is c1ccc(-c2ccc(-c3ccc(N(c4cccc5c4C4(c6ccccc6-5)C5CC6CC(C5)CC4C6)c4cccc5ccccc45)cc3)cc2)cc1. The average molecular weight is 656 g/mol. The fourth-order valence-electron chi connectivity index (χ4n) is 11.5. The molecule has 0 N–H and O–H groups in total. The highest BCUT2D eigenvalue weighted by molar-refractivity contribution is 6.01. The van der Waals surface area contributed by atoms with Crippen LogP contribution < -0.4 is 4.90 Å². The van der Waals surface area contributed by atoms with Crippen LogP contribution in [0, 0.1) is 23.7 Å². The molecule has 4 bridgehead atoms. The molecule has 1 spiro atoms. The Morgan fingerprint density at radius 1 is 0.412 bits per heavy atom. The van der Waals surface area contributed by atoms with Crippen molar-refractivity contribution in [2.45, 2.75) is 37.5 Å². The molecule has 0 aromatic heterocycles. The van der Waals surface area contributed by atoms with Crippen molar-refractivity contribution in [2.24, 2.45) is 23.7 Å². The van der Waals surface area contributed by atoms with Crippen LogP contribution in [-0.2, 0) is 5.41 Å². The van der Waals surface area contributed by atoms with Gasteiger partial charge in [-0.2, -0.15) is 0 Å². The van der Waals surface area contributed by atoms with Crippen molar-refractivity contribution in [1.82, 2.24) is 0 Å². The largest absolute Gasteiger partial charge is 0.310 e. The third-order valence-electron chi connectivity index (χ3n) is 13.2. The Labute approximate surface area is 301 Å². The average Bonchev–Trinajstić information content (AvgIpc) is 3.49. The van der Waals surface area contributed by atoms with Crippen molar-refractivity contribution >= 4 is 27.8 Å².